The molecular weight excluding hydrogens is 460 g/mol. The van der Waals surface area contributed by atoms with E-state index in [1.54, 1.807) is 0 Å². The maximum atomic E-state index is 7.01. The van der Waals surface area contributed by atoms with E-state index in [1.807, 2.05) is 24.4 Å². The molecule has 6 nitrogen and oxygen atoms in total. The first kappa shape index (κ1) is 23.4. The van der Waals surface area contributed by atoms with Crippen LogP contribution in [0, 0.1) is 5.92 Å². The second kappa shape index (κ2) is 9.81. The lowest BCUT2D eigenvalue weighted by atomic mass is 9.80. The number of aromatic amines is 1. The zero-order valence-electron chi connectivity index (χ0n) is 20.7. The highest BCUT2D eigenvalue weighted by molar-refractivity contribution is 5.87. The van der Waals surface area contributed by atoms with E-state index in [9.17, 15) is 0 Å². The monoisotopic (exact) mass is 490 g/mol. The molecule has 1 aliphatic rings. The number of rotatable bonds is 7. The average Bonchev–Trinajstić information content (AvgIpc) is 3.54. The van der Waals surface area contributed by atoms with Crippen LogP contribution < -0.4 is 5.73 Å². The number of ether oxygens (including phenoxy) is 2. The molecule has 0 radical (unpaired) electrons. The molecule has 0 bridgehead atoms. The molecule has 1 aliphatic heterocycles. The van der Waals surface area contributed by atoms with Crippen LogP contribution in [0.1, 0.15) is 41.7 Å². The molecule has 3 atom stereocenters. The van der Waals surface area contributed by atoms with Crippen molar-refractivity contribution >= 4 is 16.9 Å². The summed E-state index contributed by atoms with van der Waals surface area (Å²) in [6.07, 6.45) is 4.16. The van der Waals surface area contributed by atoms with Crippen molar-refractivity contribution in [1.29, 1.82) is 0 Å². The van der Waals surface area contributed by atoms with Crippen LogP contribution in [-0.2, 0) is 15.1 Å². The minimum atomic E-state index is -0.767. The number of benzene rings is 3. The van der Waals surface area contributed by atoms with Gasteiger partial charge in [-0.1, -0.05) is 97.9 Å². The summed E-state index contributed by atoms with van der Waals surface area (Å²) in [5.41, 5.74) is 11.1. The van der Waals surface area contributed by atoms with Crippen LogP contribution in [0.5, 0.6) is 0 Å². The first-order chi connectivity index (χ1) is 18.2. The first-order valence-corrected chi connectivity index (χ1v) is 12.7. The van der Waals surface area contributed by atoms with Crippen molar-refractivity contribution in [2.75, 3.05) is 12.3 Å². The maximum Gasteiger partial charge on any atom is 0.151 e. The van der Waals surface area contributed by atoms with Crippen LogP contribution in [0.15, 0.2) is 104 Å². The normalized spacial score (nSPS) is 19.9. The van der Waals surface area contributed by atoms with E-state index in [1.165, 1.54) is 6.33 Å². The van der Waals surface area contributed by atoms with Crippen molar-refractivity contribution in [2.24, 2.45) is 5.92 Å². The van der Waals surface area contributed by atoms with Gasteiger partial charge in [0, 0.05) is 11.8 Å². The molecule has 0 amide bonds. The van der Waals surface area contributed by atoms with Gasteiger partial charge in [0.1, 0.15) is 17.4 Å². The van der Waals surface area contributed by atoms with Crippen LogP contribution in [-0.4, -0.2) is 27.7 Å². The van der Waals surface area contributed by atoms with Gasteiger partial charge in [0.25, 0.3) is 0 Å². The zero-order valence-corrected chi connectivity index (χ0v) is 20.7. The molecule has 6 rings (SSSR count). The SMILES string of the molecule is CC1C[C@@H](COC(c2ccccc2)(c2ccccc2)c2ccccc2)O[C@H]1c1c[nH]c2c(N)ncnc12. The molecule has 2 aromatic heterocycles. The molecule has 0 aliphatic carbocycles. The van der Waals surface area contributed by atoms with Crippen molar-refractivity contribution in [1.82, 2.24) is 15.0 Å². The number of anilines is 1. The Labute approximate surface area is 216 Å². The molecule has 1 saturated heterocycles. The third-order valence-electron chi connectivity index (χ3n) is 7.35. The first-order valence-electron chi connectivity index (χ1n) is 12.7. The summed E-state index contributed by atoms with van der Waals surface area (Å²) in [5, 5.41) is 0. The number of nitrogens with two attached hydrogens (primary N) is 1. The van der Waals surface area contributed by atoms with E-state index < -0.39 is 5.60 Å². The summed E-state index contributed by atoms with van der Waals surface area (Å²) >= 11 is 0. The van der Waals surface area contributed by atoms with Crippen molar-refractivity contribution < 1.29 is 9.47 Å². The molecule has 1 unspecified atom stereocenters. The van der Waals surface area contributed by atoms with Gasteiger partial charge in [0.05, 0.1) is 24.3 Å². The molecule has 1 fully saturated rings. The van der Waals surface area contributed by atoms with Gasteiger partial charge in [0.15, 0.2) is 5.82 Å². The Morgan fingerprint density at radius 3 is 2.03 bits per heavy atom. The van der Waals surface area contributed by atoms with Gasteiger partial charge >= 0.3 is 0 Å². The Kier molecular flexibility index (Phi) is 6.20. The fourth-order valence-electron chi connectivity index (χ4n) is 5.60. The van der Waals surface area contributed by atoms with Crippen LogP contribution in [0.4, 0.5) is 5.82 Å². The molecule has 5 aromatic rings. The van der Waals surface area contributed by atoms with Gasteiger partial charge in [0.2, 0.25) is 0 Å². The standard InChI is InChI=1S/C31H30N4O2/c1-21-17-25(37-29(21)26-18-33-28-27(26)34-20-35-30(28)32)19-36-31(22-11-5-2-6-12-22,23-13-7-3-8-14-23)24-15-9-4-10-16-24/h2-16,18,20-21,25,29,33H,17,19H2,1H3,(H2,32,34,35)/t21?,25-,29+/m0/s1. The second-order valence-electron chi connectivity index (χ2n) is 9.71. The molecule has 0 spiro atoms. The fraction of sp³-hybridized carbons (Fsp3) is 0.226. The van der Waals surface area contributed by atoms with Crippen LogP contribution >= 0.6 is 0 Å². The number of nitrogen functional groups attached to an aromatic ring is 1. The van der Waals surface area contributed by atoms with Crippen molar-refractivity contribution in [2.45, 2.75) is 31.2 Å². The third-order valence-corrected chi connectivity index (χ3v) is 7.35. The summed E-state index contributed by atoms with van der Waals surface area (Å²) < 4.78 is 13.6. The van der Waals surface area contributed by atoms with E-state index in [2.05, 4.69) is 94.7 Å². The second-order valence-corrected chi connectivity index (χ2v) is 9.71. The van der Waals surface area contributed by atoms with E-state index in [-0.39, 0.29) is 12.2 Å². The molecule has 3 heterocycles. The maximum absolute atomic E-state index is 7.01. The Balaban J connectivity index is 1.34. The molecular formula is C31H30N4O2. The van der Waals surface area contributed by atoms with E-state index >= 15 is 0 Å². The number of nitrogens with zero attached hydrogens (tertiary/aromatic N) is 2. The summed E-state index contributed by atoms with van der Waals surface area (Å²) in [6.45, 7) is 2.66. The molecule has 0 saturated carbocycles. The zero-order chi connectivity index (χ0) is 25.2. The van der Waals surface area contributed by atoms with Gasteiger partial charge in [-0.15, -0.1) is 0 Å². The van der Waals surface area contributed by atoms with E-state index in [4.69, 9.17) is 15.2 Å². The third kappa shape index (κ3) is 4.18. The van der Waals surface area contributed by atoms with Crippen molar-refractivity contribution in [3.63, 3.8) is 0 Å². The van der Waals surface area contributed by atoms with Gasteiger partial charge in [-0.05, 0) is 29.0 Å². The number of aromatic nitrogens is 3. The molecule has 6 heteroatoms. The lowest BCUT2D eigenvalue weighted by Crippen LogP contribution is -2.35. The van der Waals surface area contributed by atoms with Crippen molar-refractivity contribution in [3.05, 3.63) is 126 Å². The Hall–Kier alpha value is -4.00. The van der Waals surface area contributed by atoms with E-state index in [0.29, 0.717) is 18.3 Å². The number of H-pyrrole nitrogens is 1. The van der Waals surface area contributed by atoms with E-state index in [0.717, 1.165) is 39.7 Å². The highest BCUT2D eigenvalue weighted by Gasteiger charge is 2.41. The lowest BCUT2D eigenvalue weighted by Gasteiger charge is -2.36. The van der Waals surface area contributed by atoms with Crippen LogP contribution in [0.2, 0.25) is 0 Å². The summed E-state index contributed by atoms with van der Waals surface area (Å²) in [7, 11) is 0. The number of hydrogen-bond acceptors (Lipinski definition) is 5. The predicted octanol–water partition coefficient (Wildman–Crippen LogP) is 6.01. The smallest absolute Gasteiger partial charge is 0.151 e. The Bertz CT molecular complexity index is 1370. The minimum Gasteiger partial charge on any atom is -0.382 e. The summed E-state index contributed by atoms with van der Waals surface area (Å²) in [4.78, 5) is 11.8. The Morgan fingerprint density at radius 1 is 0.892 bits per heavy atom. The van der Waals surface area contributed by atoms with Gasteiger partial charge in [-0.2, -0.15) is 0 Å². The van der Waals surface area contributed by atoms with Gasteiger partial charge < -0.3 is 20.2 Å². The quantitative estimate of drug-likeness (QED) is 0.273. The highest BCUT2D eigenvalue weighted by Crippen LogP contribution is 2.44. The summed E-state index contributed by atoms with van der Waals surface area (Å²) in [5.74, 6) is 0.739. The van der Waals surface area contributed by atoms with Crippen LogP contribution in [0.25, 0.3) is 11.0 Å². The molecule has 186 valence electrons. The Morgan fingerprint density at radius 2 is 1.46 bits per heavy atom. The summed E-state index contributed by atoms with van der Waals surface area (Å²) in [6, 6.07) is 31.3. The molecule has 3 aromatic carbocycles. The minimum absolute atomic E-state index is 0.0698. The fourth-order valence-corrected chi connectivity index (χ4v) is 5.60. The number of nitrogens with one attached hydrogen (secondary N) is 1. The largest absolute Gasteiger partial charge is 0.382 e. The van der Waals surface area contributed by atoms with Gasteiger partial charge in [-0.25, -0.2) is 9.97 Å². The lowest BCUT2D eigenvalue weighted by molar-refractivity contribution is -0.0634. The predicted molar refractivity (Wildman–Crippen MR) is 145 cm³/mol. The average molecular weight is 491 g/mol. The van der Waals surface area contributed by atoms with Crippen LogP contribution in [0.3, 0.4) is 0 Å². The topological polar surface area (TPSA) is 86.0 Å². The molecule has 37 heavy (non-hydrogen) atoms. The van der Waals surface area contributed by atoms with Crippen molar-refractivity contribution in [3.8, 4) is 0 Å². The number of hydrogen-bond donors (Lipinski definition) is 2. The molecule has 3 N–H and O–H groups in total. The number of fused-ring (bicyclic) bond motifs is 1. The van der Waals surface area contributed by atoms with Gasteiger partial charge in [-0.3, -0.25) is 0 Å². The highest BCUT2D eigenvalue weighted by atomic mass is 16.6.